The minimum absolute atomic E-state index is 0.101. The highest BCUT2D eigenvalue weighted by atomic mass is 16.4. The molecule has 1 unspecified atom stereocenters. The Morgan fingerprint density at radius 3 is 2.75 bits per heavy atom. The summed E-state index contributed by atoms with van der Waals surface area (Å²) in [6.07, 6.45) is 3.38. The van der Waals surface area contributed by atoms with Crippen molar-refractivity contribution in [1.82, 2.24) is 10.2 Å². The molecular weight excluding hydrogens is 208 g/mol. The SMILES string of the molecule is CCNCC(=O)N1CCCCCC1C(=O)O. The summed E-state index contributed by atoms with van der Waals surface area (Å²) in [7, 11) is 0. The fourth-order valence-electron chi connectivity index (χ4n) is 2.00. The van der Waals surface area contributed by atoms with Crippen LogP contribution >= 0.6 is 0 Å². The van der Waals surface area contributed by atoms with E-state index in [1.807, 2.05) is 6.92 Å². The number of likely N-dealkylation sites (tertiary alicyclic amines) is 1. The first kappa shape index (κ1) is 13.0. The van der Waals surface area contributed by atoms with Crippen molar-refractivity contribution in [3.8, 4) is 0 Å². The molecule has 0 spiro atoms. The molecule has 2 N–H and O–H groups in total. The van der Waals surface area contributed by atoms with Crippen LogP contribution in [0.25, 0.3) is 0 Å². The molecule has 0 aromatic rings. The molecule has 1 aliphatic rings. The summed E-state index contributed by atoms with van der Waals surface area (Å²) < 4.78 is 0. The third-order valence-electron chi connectivity index (χ3n) is 2.88. The maximum Gasteiger partial charge on any atom is 0.326 e. The number of hydrogen-bond donors (Lipinski definition) is 2. The van der Waals surface area contributed by atoms with Crippen LogP contribution in [0.5, 0.6) is 0 Å². The van der Waals surface area contributed by atoms with Crippen molar-refractivity contribution in [3.05, 3.63) is 0 Å². The number of carboxylic acids is 1. The van der Waals surface area contributed by atoms with Gasteiger partial charge in [-0.2, -0.15) is 0 Å². The first-order chi connectivity index (χ1) is 7.66. The minimum Gasteiger partial charge on any atom is -0.480 e. The van der Waals surface area contributed by atoms with E-state index in [0.29, 0.717) is 13.0 Å². The quantitative estimate of drug-likeness (QED) is 0.733. The maximum atomic E-state index is 11.8. The molecule has 92 valence electrons. The van der Waals surface area contributed by atoms with Gasteiger partial charge < -0.3 is 15.3 Å². The number of aliphatic carboxylic acids is 1. The number of rotatable bonds is 4. The smallest absolute Gasteiger partial charge is 0.326 e. The van der Waals surface area contributed by atoms with Crippen molar-refractivity contribution < 1.29 is 14.7 Å². The van der Waals surface area contributed by atoms with E-state index >= 15 is 0 Å². The number of hydrogen-bond acceptors (Lipinski definition) is 3. The fraction of sp³-hybridized carbons (Fsp3) is 0.818. The zero-order valence-electron chi connectivity index (χ0n) is 9.74. The van der Waals surface area contributed by atoms with Gasteiger partial charge in [-0.1, -0.05) is 19.8 Å². The summed E-state index contributed by atoms with van der Waals surface area (Å²) in [5, 5.41) is 12.0. The van der Waals surface area contributed by atoms with E-state index < -0.39 is 12.0 Å². The van der Waals surface area contributed by atoms with Gasteiger partial charge in [0.25, 0.3) is 0 Å². The Hall–Kier alpha value is -1.10. The third-order valence-corrected chi connectivity index (χ3v) is 2.88. The fourth-order valence-corrected chi connectivity index (χ4v) is 2.00. The van der Waals surface area contributed by atoms with Crippen LogP contribution < -0.4 is 5.32 Å². The number of carboxylic acid groups (broad SMARTS) is 1. The number of likely N-dealkylation sites (N-methyl/N-ethyl adjacent to an activating group) is 1. The minimum atomic E-state index is -0.883. The zero-order chi connectivity index (χ0) is 12.0. The summed E-state index contributed by atoms with van der Waals surface area (Å²) in [6.45, 7) is 3.45. The number of amides is 1. The number of nitrogens with one attached hydrogen (secondary N) is 1. The van der Waals surface area contributed by atoms with Crippen molar-refractivity contribution >= 4 is 11.9 Å². The molecule has 1 atom stereocenters. The van der Waals surface area contributed by atoms with E-state index in [4.69, 9.17) is 5.11 Å². The molecule has 1 aliphatic heterocycles. The Labute approximate surface area is 95.8 Å². The molecule has 1 amide bonds. The summed E-state index contributed by atoms with van der Waals surface area (Å²) in [5.41, 5.74) is 0. The van der Waals surface area contributed by atoms with Crippen molar-refractivity contribution in [3.63, 3.8) is 0 Å². The molecule has 0 saturated carbocycles. The largest absolute Gasteiger partial charge is 0.480 e. The Kier molecular flexibility index (Phi) is 5.25. The molecular formula is C11H20N2O3. The van der Waals surface area contributed by atoms with Gasteiger partial charge in [0.05, 0.1) is 6.54 Å². The molecule has 16 heavy (non-hydrogen) atoms. The Morgan fingerprint density at radius 2 is 2.12 bits per heavy atom. The second kappa shape index (κ2) is 6.48. The van der Waals surface area contributed by atoms with Crippen LogP contribution in [0.4, 0.5) is 0 Å². The Bertz CT molecular complexity index is 256. The second-order valence-corrected chi connectivity index (χ2v) is 4.07. The van der Waals surface area contributed by atoms with Gasteiger partial charge in [0.1, 0.15) is 6.04 Å². The van der Waals surface area contributed by atoms with Gasteiger partial charge in [-0.15, -0.1) is 0 Å². The maximum absolute atomic E-state index is 11.8. The summed E-state index contributed by atoms with van der Waals surface area (Å²) in [6, 6.07) is -0.631. The van der Waals surface area contributed by atoms with Crippen LogP contribution in [0.2, 0.25) is 0 Å². The highest BCUT2D eigenvalue weighted by Crippen LogP contribution is 2.16. The predicted octanol–water partition coefficient (Wildman–Crippen LogP) is 0.452. The van der Waals surface area contributed by atoms with E-state index in [0.717, 1.165) is 25.8 Å². The highest BCUT2D eigenvalue weighted by molar-refractivity contribution is 5.84. The molecule has 1 fully saturated rings. The van der Waals surface area contributed by atoms with E-state index in [9.17, 15) is 9.59 Å². The zero-order valence-corrected chi connectivity index (χ0v) is 9.74. The van der Waals surface area contributed by atoms with Crippen LogP contribution in [0, 0.1) is 0 Å². The number of carbonyl (C=O) groups is 2. The molecule has 0 aliphatic carbocycles. The summed E-state index contributed by atoms with van der Waals surface area (Å²) >= 11 is 0. The average Bonchev–Trinajstić information content (AvgIpc) is 2.50. The predicted molar refractivity (Wildman–Crippen MR) is 60.1 cm³/mol. The lowest BCUT2D eigenvalue weighted by Gasteiger charge is -2.27. The van der Waals surface area contributed by atoms with Gasteiger partial charge in [-0.05, 0) is 19.4 Å². The topological polar surface area (TPSA) is 69.6 Å². The normalized spacial score (nSPS) is 21.6. The second-order valence-electron chi connectivity index (χ2n) is 4.07. The lowest BCUT2D eigenvalue weighted by atomic mass is 10.1. The van der Waals surface area contributed by atoms with Gasteiger partial charge >= 0.3 is 5.97 Å². The molecule has 5 nitrogen and oxygen atoms in total. The van der Waals surface area contributed by atoms with Crippen LogP contribution in [0.1, 0.15) is 32.6 Å². The van der Waals surface area contributed by atoms with Gasteiger partial charge in [0, 0.05) is 6.54 Å². The Morgan fingerprint density at radius 1 is 1.38 bits per heavy atom. The molecule has 1 rings (SSSR count). The number of carbonyl (C=O) groups excluding carboxylic acids is 1. The Balaban J connectivity index is 2.63. The first-order valence-corrected chi connectivity index (χ1v) is 5.89. The van der Waals surface area contributed by atoms with Crippen molar-refractivity contribution in [2.45, 2.75) is 38.6 Å². The van der Waals surface area contributed by atoms with E-state index in [2.05, 4.69) is 5.32 Å². The number of nitrogens with zero attached hydrogens (tertiary/aromatic N) is 1. The standard InChI is InChI=1S/C11H20N2O3/c1-2-12-8-10(14)13-7-5-3-4-6-9(13)11(15)16/h9,12H,2-8H2,1H3,(H,15,16). The van der Waals surface area contributed by atoms with Crippen molar-refractivity contribution in [2.24, 2.45) is 0 Å². The average molecular weight is 228 g/mol. The molecule has 0 aromatic heterocycles. The highest BCUT2D eigenvalue weighted by Gasteiger charge is 2.30. The molecule has 0 bridgehead atoms. The molecule has 1 heterocycles. The van der Waals surface area contributed by atoms with Crippen LogP contribution in [0.3, 0.4) is 0 Å². The van der Waals surface area contributed by atoms with Crippen LogP contribution in [-0.2, 0) is 9.59 Å². The molecule has 0 radical (unpaired) electrons. The van der Waals surface area contributed by atoms with Crippen LogP contribution in [0.15, 0.2) is 0 Å². The van der Waals surface area contributed by atoms with Gasteiger partial charge in [-0.25, -0.2) is 4.79 Å². The summed E-state index contributed by atoms with van der Waals surface area (Å²) in [5.74, 6) is -0.983. The van der Waals surface area contributed by atoms with Crippen molar-refractivity contribution in [1.29, 1.82) is 0 Å². The monoisotopic (exact) mass is 228 g/mol. The third kappa shape index (κ3) is 3.48. The van der Waals surface area contributed by atoms with Gasteiger partial charge in [0.2, 0.25) is 5.91 Å². The molecule has 1 saturated heterocycles. The molecule has 0 aromatic carbocycles. The molecule has 5 heteroatoms. The van der Waals surface area contributed by atoms with Crippen molar-refractivity contribution in [2.75, 3.05) is 19.6 Å². The summed E-state index contributed by atoms with van der Waals surface area (Å²) in [4.78, 5) is 24.4. The first-order valence-electron chi connectivity index (χ1n) is 5.89. The van der Waals surface area contributed by atoms with E-state index in [-0.39, 0.29) is 12.5 Å². The van der Waals surface area contributed by atoms with Gasteiger partial charge in [-0.3, -0.25) is 4.79 Å². The van der Waals surface area contributed by atoms with Gasteiger partial charge in [0.15, 0.2) is 0 Å². The van der Waals surface area contributed by atoms with E-state index in [1.165, 1.54) is 4.90 Å². The van der Waals surface area contributed by atoms with Crippen LogP contribution in [-0.4, -0.2) is 47.6 Å². The van der Waals surface area contributed by atoms with E-state index in [1.54, 1.807) is 0 Å². The lowest BCUT2D eigenvalue weighted by Crippen LogP contribution is -2.47. The lowest BCUT2D eigenvalue weighted by molar-refractivity contribution is -0.149.